The molecular formula is C60H41NO. The molecular weight excluding hydrogens is 751 g/mol. The van der Waals surface area contributed by atoms with Crippen molar-refractivity contribution in [2.45, 2.75) is 24.7 Å². The molecule has 0 amide bonds. The first kappa shape index (κ1) is 35.1. The van der Waals surface area contributed by atoms with Crippen molar-refractivity contribution in [3.05, 3.63) is 246 Å². The fourth-order valence-corrected chi connectivity index (χ4v) is 11.3. The predicted octanol–water partition coefficient (Wildman–Crippen LogP) is 15.9. The Balaban J connectivity index is 1.10. The van der Waals surface area contributed by atoms with E-state index in [0.717, 1.165) is 33.8 Å². The number of para-hydroxylation sites is 1. The molecule has 1 atom stereocenters. The molecule has 0 saturated carbocycles. The van der Waals surface area contributed by atoms with Crippen molar-refractivity contribution < 1.29 is 4.42 Å². The second-order valence-electron chi connectivity index (χ2n) is 17.6. The van der Waals surface area contributed by atoms with Gasteiger partial charge in [0.05, 0.1) is 5.69 Å². The molecule has 9 aromatic carbocycles. The van der Waals surface area contributed by atoms with Gasteiger partial charge >= 0.3 is 0 Å². The summed E-state index contributed by atoms with van der Waals surface area (Å²) in [5.41, 5.74) is 22.2. The first-order valence-electron chi connectivity index (χ1n) is 21.7. The second-order valence-corrected chi connectivity index (χ2v) is 17.6. The van der Waals surface area contributed by atoms with Crippen LogP contribution in [0.1, 0.15) is 47.4 Å². The van der Waals surface area contributed by atoms with Gasteiger partial charge in [0.25, 0.3) is 0 Å². The van der Waals surface area contributed by atoms with Crippen LogP contribution in [0.5, 0.6) is 0 Å². The van der Waals surface area contributed by atoms with Crippen LogP contribution in [-0.2, 0) is 10.8 Å². The molecule has 0 fully saturated rings. The number of nitrogens with zero attached hydrogens (tertiary/aromatic N) is 1. The molecule has 0 aliphatic heterocycles. The standard InChI is InChI=1S/C60H41NO/c1-59(2)50-25-13-9-21-43(50)45-32-30-41(36-53(45)59)61(55-34-29-40(38-17-5-3-6-18-38)35-49(55)39-19-7-4-8-20-39)42-31-33-46-44-22-10-14-26-51(44)60(54(46)37-42)52-27-15-11-23-47(52)57-48-24-12-16-28-56(48)62-58(57)60/h3-37H,1-2H3. The third-order valence-electron chi connectivity index (χ3n) is 14.1. The summed E-state index contributed by atoms with van der Waals surface area (Å²) in [5, 5.41) is 1.16. The zero-order chi connectivity index (χ0) is 41.2. The number of fused-ring (bicyclic) bond motifs is 15. The molecule has 0 radical (unpaired) electrons. The normalized spacial score (nSPS) is 15.8. The molecule has 1 aromatic heterocycles. The van der Waals surface area contributed by atoms with E-state index in [1.807, 2.05) is 0 Å². The predicted molar refractivity (Wildman–Crippen MR) is 256 cm³/mol. The lowest BCUT2D eigenvalue weighted by molar-refractivity contribution is 0.507. The molecule has 2 nitrogen and oxygen atoms in total. The lowest BCUT2D eigenvalue weighted by Crippen LogP contribution is -2.26. The van der Waals surface area contributed by atoms with E-state index in [0.29, 0.717) is 0 Å². The van der Waals surface area contributed by atoms with Gasteiger partial charge in [-0.1, -0.05) is 184 Å². The molecule has 1 heterocycles. The highest BCUT2D eigenvalue weighted by molar-refractivity contribution is 6.05. The van der Waals surface area contributed by atoms with Crippen LogP contribution in [0.4, 0.5) is 17.1 Å². The summed E-state index contributed by atoms with van der Waals surface area (Å²) >= 11 is 0. The van der Waals surface area contributed by atoms with Gasteiger partial charge < -0.3 is 9.32 Å². The summed E-state index contributed by atoms with van der Waals surface area (Å²) in [6, 6.07) is 78.3. The zero-order valence-corrected chi connectivity index (χ0v) is 34.6. The summed E-state index contributed by atoms with van der Waals surface area (Å²) in [6.45, 7) is 4.74. The fraction of sp³-hybridized carbons (Fsp3) is 0.0667. The average molecular weight is 792 g/mol. The van der Waals surface area contributed by atoms with Gasteiger partial charge in [-0.3, -0.25) is 0 Å². The van der Waals surface area contributed by atoms with Gasteiger partial charge in [-0.05, 0) is 115 Å². The number of rotatable bonds is 5. The van der Waals surface area contributed by atoms with Crippen molar-refractivity contribution >= 4 is 28.0 Å². The van der Waals surface area contributed by atoms with E-state index in [1.54, 1.807) is 0 Å². The molecule has 1 spiro atoms. The minimum Gasteiger partial charge on any atom is -0.459 e. The molecule has 10 aromatic rings. The largest absolute Gasteiger partial charge is 0.459 e. The SMILES string of the molecule is CC1(C)c2ccccc2-c2ccc(N(c3ccc4c(c3)C3(c5ccccc5-4)c4ccccc4-c4c3oc3ccccc43)c3ccc(-c4ccccc4)cc3-c3ccccc3)cc21. The lowest BCUT2D eigenvalue weighted by atomic mass is 9.73. The highest BCUT2D eigenvalue weighted by Crippen LogP contribution is 2.65. The summed E-state index contributed by atoms with van der Waals surface area (Å²) in [6.07, 6.45) is 0. The molecule has 0 saturated heterocycles. The van der Waals surface area contributed by atoms with Crippen LogP contribution in [0, 0.1) is 0 Å². The van der Waals surface area contributed by atoms with Crippen LogP contribution in [0.15, 0.2) is 217 Å². The van der Waals surface area contributed by atoms with Crippen LogP contribution in [-0.4, -0.2) is 0 Å². The van der Waals surface area contributed by atoms with E-state index >= 15 is 0 Å². The van der Waals surface area contributed by atoms with Crippen molar-refractivity contribution in [1.82, 2.24) is 0 Å². The van der Waals surface area contributed by atoms with E-state index in [9.17, 15) is 0 Å². The third kappa shape index (κ3) is 4.69. The van der Waals surface area contributed by atoms with Crippen molar-refractivity contribution in [3.8, 4) is 55.6 Å². The lowest BCUT2D eigenvalue weighted by Gasteiger charge is -2.32. The quantitative estimate of drug-likeness (QED) is 0.173. The Morgan fingerprint density at radius 2 is 0.903 bits per heavy atom. The van der Waals surface area contributed by atoms with Crippen molar-refractivity contribution in [2.24, 2.45) is 0 Å². The first-order chi connectivity index (χ1) is 30.5. The van der Waals surface area contributed by atoms with Gasteiger partial charge in [0, 0.05) is 33.3 Å². The zero-order valence-electron chi connectivity index (χ0n) is 34.6. The monoisotopic (exact) mass is 791 g/mol. The second kappa shape index (κ2) is 12.9. The highest BCUT2D eigenvalue weighted by Gasteiger charge is 2.55. The number of benzene rings is 9. The summed E-state index contributed by atoms with van der Waals surface area (Å²) in [7, 11) is 0. The van der Waals surface area contributed by atoms with E-state index in [2.05, 4.69) is 231 Å². The molecule has 0 N–H and O–H groups in total. The minimum atomic E-state index is -0.639. The maximum atomic E-state index is 7.14. The van der Waals surface area contributed by atoms with Crippen LogP contribution in [0.3, 0.4) is 0 Å². The first-order valence-corrected chi connectivity index (χ1v) is 21.7. The molecule has 1 unspecified atom stereocenters. The van der Waals surface area contributed by atoms with Gasteiger partial charge in [0.15, 0.2) is 0 Å². The van der Waals surface area contributed by atoms with Crippen LogP contribution >= 0.6 is 0 Å². The van der Waals surface area contributed by atoms with E-state index < -0.39 is 5.41 Å². The Morgan fingerprint density at radius 1 is 0.371 bits per heavy atom. The maximum Gasteiger partial charge on any atom is 0.135 e. The van der Waals surface area contributed by atoms with Gasteiger partial charge in [-0.25, -0.2) is 0 Å². The van der Waals surface area contributed by atoms with E-state index in [4.69, 9.17) is 4.42 Å². The Labute approximate surface area is 362 Å². The van der Waals surface area contributed by atoms with Crippen molar-refractivity contribution in [1.29, 1.82) is 0 Å². The van der Waals surface area contributed by atoms with Crippen LogP contribution in [0.25, 0.3) is 66.6 Å². The number of furan rings is 1. The van der Waals surface area contributed by atoms with Gasteiger partial charge in [0.1, 0.15) is 16.8 Å². The van der Waals surface area contributed by atoms with Crippen LogP contribution < -0.4 is 4.90 Å². The Morgan fingerprint density at radius 3 is 1.63 bits per heavy atom. The molecule has 13 rings (SSSR count). The molecule has 3 aliphatic carbocycles. The maximum absolute atomic E-state index is 7.14. The fourth-order valence-electron chi connectivity index (χ4n) is 11.3. The number of anilines is 3. The summed E-state index contributed by atoms with van der Waals surface area (Å²) in [5.74, 6) is 1.00. The summed E-state index contributed by atoms with van der Waals surface area (Å²) < 4.78 is 7.14. The smallest absolute Gasteiger partial charge is 0.135 e. The molecule has 62 heavy (non-hydrogen) atoms. The van der Waals surface area contributed by atoms with Gasteiger partial charge in [-0.2, -0.15) is 0 Å². The van der Waals surface area contributed by atoms with Crippen molar-refractivity contribution in [3.63, 3.8) is 0 Å². The minimum absolute atomic E-state index is 0.165. The molecule has 0 bridgehead atoms. The van der Waals surface area contributed by atoms with E-state index in [1.165, 1.54) is 83.5 Å². The van der Waals surface area contributed by atoms with Crippen LogP contribution in [0.2, 0.25) is 0 Å². The molecule has 2 heteroatoms. The Hall–Kier alpha value is -7.68. The van der Waals surface area contributed by atoms with Crippen molar-refractivity contribution in [2.75, 3.05) is 4.90 Å². The topological polar surface area (TPSA) is 16.4 Å². The molecule has 292 valence electrons. The molecule has 3 aliphatic rings. The Bertz CT molecular complexity index is 3450. The number of hydrogen-bond acceptors (Lipinski definition) is 2. The average Bonchev–Trinajstić information content (AvgIpc) is 4.01. The third-order valence-corrected chi connectivity index (χ3v) is 14.1. The summed E-state index contributed by atoms with van der Waals surface area (Å²) in [4.78, 5) is 2.51. The number of hydrogen-bond donors (Lipinski definition) is 0. The highest BCUT2D eigenvalue weighted by atomic mass is 16.3. The van der Waals surface area contributed by atoms with Gasteiger partial charge in [0.2, 0.25) is 0 Å². The Kier molecular flexibility index (Phi) is 7.31. The van der Waals surface area contributed by atoms with Gasteiger partial charge in [-0.15, -0.1) is 0 Å². The van der Waals surface area contributed by atoms with E-state index in [-0.39, 0.29) is 5.41 Å².